The Morgan fingerprint density at radius 3 is 2.94 bits per heavy atom. The van der Waals surface area contributed by atoms with Crippen molar-refractivity contribution < 1.29 is 9.90 Å². The molecular formula is C13H15BrN2O2. The average molecular weight is 311 g/mol. The monoisotopic (exact) mass is 310 g/mol. The number of benzene rings is 1. The first-order valence-corrected chi connectivity index (χ1v) is 6.70. The van der Waals surface area contributed by atoms with Crippen LogP contribution < -0.4 is 0 Å². The van der Waals surface area contributed by atoms with E-state index in [9.17, 15) is 4.79 Å². The highest BCUT2D eigenvalue weighted by Gasteiger charge is 2.08. The van der Waals surface area contributed by atoms with Gasteiger partial charge in [-0.2, -0.15) is 0 Å². The Morgan fingerprint density at radius 2 is 2.22 bits per heavy atom. The normalized spacial score (nSPS) is 11.0. The van der Waals surface area contributed by atoms with E-state index in [4.69, 9.17) is 5.11 Å². The van der Waals surface area contributed by atoms with Crippen molar-refractivity contribution in [2.45, 2.75) is 25.7 Å². The second-order valence-corrected chi connectivity index (χ2v) is 5.24. The lowest BCUT2D eigenvalue weighted by molar-refractivity contribution is -0.137. The maximum Gasteiger partial charge on any atom is 0.303 e. The predicted molar refractivity (Wildman–Crippen MR) is 73.6 cm³/mol. The van der Waals surface area contributed by atoms with Crippen LogP contribution in [-0.2, 0) is 18.3 Å². The molecule has 0 bridgehead atoms. The van der Waals surface area contributed by atoms with Crippen molar-refractivity contribution >= 4 is 32.9 Å². The molecule has 18 heavy (non-hydrogen) atoms. The molecule has 1 aromatic carbocycles. The summed E-state index contributed by atoms with van der Waals surface area (Å²) >= 11 is 3.43. The Morgan fingerprint density at radius 1 is 1.44 bits per heavy atom. The number of fused-ring (bicyclic) bond motifs is 1. The average Bonchev–Trinajstić information content (AvgIpc) is 2.61. The van der Waals surface area contributed by atoms with Crippen LogP contribution in [0.2, 0.25) is 0 Å². The molecule has 0 atom stereocenters. The lowest BCUT2D eigenvalue weighted by Crippen LogP contribution is -1.99. The number of halogens is 1. The highest BCUT2D eigenvalue weighted by molar-refractivity contribution is 9.10. The molecule has 4 nitrogen and oxygen atoms in total. The number of hydrogen-bond acceptors (Lipinski definition) is 2. The summed E-state index contributed by atoms with van der Waals surface area (Å²) in [7, 11) is 2.00. The molecule has 0 radical (unpaired) electrons. The number of aromatic nitrogens is 2. The largest absolute Gasteiger partial charge is 0.481 e. The van der Waals surface area contributed by atoms with Gasteiger partial charge in [0.25, 0.3) is 0 Å². The quantitative estimate of drug-likeness (QED) is 0.863. The van der Waals surface area contributed by atoms with Crippen molar-refractivity contribution in [1.82, 2.24) is 9.55 Å². The SMILES string of the molecule is Cn1c(CCCCC(=O)O)nc2cc(Br)ccc21. The fourth-order valence-corrected chi connectivity index (χ4v) is 2.35. The third-order valence-corrected chi connectivity index (χ3v) is 3.47. The summed E-state index contributed by atoms with van der Waals surface area (Å²) in [5.41, 5.74) is 2.08. The van der Waals surface area contributed by atoms with E-state index in [1.807, 2.05) is 25.2 Å². The molecule has 96 valence electrons. The molecule has 2 rings (SSSR count). The van der Waals surface area contributed by atoms with Crippen molar-refractivity contribution in [3.63, 3.8) is 0 Å². The summed E-state index contributed by atoms with van der Waals surface area (Å²) in [5.74, 6) is 0.275. The molecule has 0 spiro atoms. The summed E-state index contributed by atoms with van der Waals surface area (Å²) in [6.45, 7) is 0. The smallest absolute Gasteiger partial charge is 0.303 e. The van der Waals surface area contributed by atoms with E-state index in [-0.39, 0.29) is 6.42 Å². The second-order valence-electron chi connectivity index (χ2n) is 4.32. The topological polar surface area (TPSA) is 55.1 Å². The van der Waals surface area contributed by atoms with Crippen molar-refractivity contribution in [2.24, 2.45) is 7.05 Å². The summed E-state index contributed by atoms with van der Waals surface area (Å²) in [5, 5.41) is 8.58. The number of imidazole rings is 1. The lowest BCUT2D eigenvalue weighted by Gasteiger charge is -2.01. The molecule has 1 N–H and O–H groups in total. The van der Waals surface area contributed by atoms with Crippen LogP contribution in [0.1, 0.15) is 25.1 Å². The third-order valence-electron chi connectivity index (χ3n) is 2.98. The Hall–Kier alpha value is -1.36. The molecule has 0 aliphatic carbocycles. The number of aryl methyl sites for hydroxylation is 2. The van der Waals surface area contributed by atoms with Crippen LogP contribution in [0.3, 0.4) is 0 Å². The number of carboxylic acid groups (broad SMARTS) is 1. The van der Waals surface area contributed by atoms with Gasteiger partial charge in [-0.1, -0.05) is 15.9 Å². The van der Waals surface area contributed by atoms with Crippen LogP contribution >= 0.6 is 15.9 Å². The van der Waals surface area contributed by atoms with Crippen LogP contribution in [0.15, 0.2) is 22.7 Å². The second kappa shape index (κ2) is 5.52. The van der Waals surface area contributed by atoms with Crippen LogP contribution in [0.25, 0.3) is 11.0 Å². The van der Waals surface area contributed by atoms with Gasteiger partial charge in [-0.3, -0.25) is 4.79 Å². The van der Waals surface area contributed by atoms with Crippen LogP contribution in [0, 0.1) is 0 Å². The summed E-state index contributed by atoms with van der Waals surface area (Å²) in [6.07, 6.45) is 2.60. The van der Waals surface area contributed by atoms with E-state index in [0.29, 0.717) is 6.42 Å². The van der Waals surface area contributed by atoms with Gasteiger partial charge in [-0.05, 0) is 31.0 Å². The summed E-state index contributed by atoms with van der Waals surface area (Å²) < 4.78 is 3.09. The van der Waals surface area contributed by atoms with Gasteiger partial charge < -0.3 is 9.67 Å². The summed E-state index contributed by atoms with van der Waals surface area (Å²) in [4.78, 5) is 15.0. The Kier molecular flexibility index (Phi) is 4.01. The van der Waals surface area contributed by atoms with Gasteiger partial charge in [0.2, 0.25) is 0 Å². The fourth-order valence-electron chi connectivity index (χ4n) is 2.01. The van der Waals surface area contributed by atoms with E-state index in [0.717, 1.165) is 34.2 Å². The predicted octanol–water partition coefficient (Wildman–Crippen LogP) is 3.13. The van der Waals surface area contributed by atoms with E-state index in [1.54, 1.807) is 0 Å². The first-order valence-electron chi connectivity index (χ1n) is 5.90. The van der Waals surface area contributed by atoms with Crippen molar-refractivity contribution in [1.29, 1.82) is 0 Å². The van der Waals surface area contributed by atoms with Crippen molar-refractivity contribution in [3.05, 3.63) is 28.5 Å². The molecule has 0 saturated carbocycles. The zero-order valence-electron chi connectivity index (χ0n) is 10.2. The van der Waals surface area contributed by atoms with Crippen LogP contribution in [0.5, 0.6) is 0 Å². The van der Waals surface area contributed by atoms with Crippen LogP contribution in [0.4, 0.5) is 0 Å². The number of hydrogen-bond donors (Lipinski definition) is 1. The molecule has 0 fully saturated rings. The Bertz CT molecular complexity index is 578. The summed E-state index contributed by atoms with van der Waals surface area (Å²) in [6, 6.07) is 6.03. The molecule has 5 heteroatoms. The van der Waals surface area contributed by atoms with E-state index in [1.165, 1.54) is 0 Å². The Balaban J connectivity index is 2.09. The highest BCUT2D eigenvalue weighted by Crippen LogP contribution is 2.20. The highest BCUT2D eigenvalue weighted by atomic mass is 79.9. The number of carboxylic acids is 1. The minimum absolute atomic E-state index is 0.232. The van der Waals surface area contributed by atoms with Gasteiger partial charge >= 0.3 is 5.97 Å². The minimum atomic E-state index is -0.732. The first-order chi connectivity index (χ1) is 8.58. The number of nitrogens with zero attached hydrogens (tertiary/aromatic N) is 2. The van der Waals surface area contributed by atoms with Gasteiger partial charge in [0.05, 0.1) is 11.0 Å². The van der Waals surface area contributed by atoms with Crippen LogP contribution in [-0.4, -0.2) is 20.6 Å². The van der Waals surface area contributed by atoms with E-state index >= 15 is 0 Å². The fraction of sp³-hybridized carbons (Fsp3) is 0.385. The van der Waals surface area contributed by atoms with E-state index < -0.39 is 5.97 Å². The molecule has 1 heterocycles. The van der Waals surface area contributed by atoms with Crippen molar-refractivity contribution in [2.75, 3.05) is 0 Å². The molecule has 0 unspecified atom stereocenters. The molecule has 0 aliphatic rings. The molecule has 0 saturated heterocycles. The number of unbranched alkanes of at least 4 members (excludes halogenated alkanes) is 1. The maximum atomic E-state index is 10.4. The third kappa shape index (κ3) is 2.90. The van der Waals surface area contributed by atoms with Gasteiger partial charge in [-0.15, -0.1) is 0 Å². The van der Waals surface area contributed by atoms with E-state index in [2.05, 4.69) is 25.5 Å². The zero-order chi connectivity index (χ0) is 13.1. The molecule has 0 amide bonds. The van der Waals surface area contributed by atoms with Crippen molar-refractivity contribution in [3.8, 4) is 0 Å². The van der Waals surface area contributed by atoms with Gasteiger partial charge in [0.1, 0.15) is 5.82 Å². The Labute approximate surface area is 114 Å². The lowest BCUT2D eigenvalue weighted by atomic mass is 10.2. The first kappa shape index (κ1) is 13.1. The minimum Gasteiger partial charge on any atom is -0.481 e. The molecule has 1 aromatic heterocycles. The van der Waals surface area contributed by atoms with Gasteiger partial charge in [0, 0.05) is 24.4 Å². The number of carbonyl (C=O) groups is 1. The molecule has 2 aromatic rings. The molecular weight excluding hydrogens is 296 g/mol. The maximum absolute atomic E-state index is 10.4. The van der Waals surface area contributed by atoms with Gasteiger partial charge in [-0.25, -0.2) is 4.98 Å². The zero-order valence-corrected chi connectivity index (χ0v) is 11.8. The van der Waals surface area contributed by atoms with Gasteiger partial charge in [0.15, 0.2) is 0 Å². The standard InChI is InChI=1S/C13H15BrN2O2/c1-16-11-7-6-9(14)8-10(11)15-12(16)4-2-3-5-13(17)18/h6-8H,2-5H2,1H3,(H,17,18). The molecule has 0 aliphatic heterocycles. The number of aliphatic carboxylic acids is 1. The number of rotatable bonds is 5.